The number of piperazine rings is 1. The molecule has 2 fully saturated rings. The highest BCUT2D eigenvalue weighted by molar-refractivity contribution is 5.96. The van der Waals surface area contributed by atoms with Gasteiger partial charge < -0.3 is 14.9 Å². The molecule has 2 saturated heterocycles. The van der Waals surface area contributed by atoms with Gasteiger partial charge in [-0.05, 0) is 42.4 Å². The van der Waals surface area contributed by atoms with E-state index >= 15 is 0 Å². The number of nitrogens with zero attached hydrogens (tertiary/aromatic N) is 4. The van der Waals surface area contributed by atoms with Gasteiger partial charge in [0.15, 0.2) is 0 Å². The zero-order chi connectivity index (χ0) is 21.4. The summed E-state index contributed by atoms with van der Waals surface area (Å²) in [5, 5.41) is 9.98. The van der Waals surface area contributed by atoms with Crippen LogP contribution >= 0.6 is 0 Å². The molecule has 0 bridgehead atoms. The maximum atomic E-state index is 12.8. The number of hydrogen-bond donors (Lipinski definition) is 1. The van der Waals surface area contributed by atoms with Gasteiger partial charge in [-0.2, -0.15) is 0 Å². The lowest BCUT2D eigenvalue weighted by atomic mass is 9.73. The number of aliphatic hydroxyl groups is 1. The van der Waals surface area contributed by atoms with Crippen LogP contribution in [0.25, 0.3) is 5.57 Å². The number of rotatable bonds is 4. The predicted molar refractivity (Wildman–Crippen MR) is 115 cm³/mol. The van der Waals surface area contributed by atoms with Crippen molar-refractivity contribution in [1.82, 2.24) is 19.8 Å². The van der Waals surface area contributed by atoms with Crippen LogP contribution in [-0.2, 0) is 4.79 Å². The highest BCUT2D eigenvalue weighted by atomic mass is 16.3. The van der Waals surface area contributed by atoms with Crippen molar-refractivity contribution in [1.29, 1.82) is 0 Å². The Labute approximate surface area is 181 Å². The lowest BCUT2D eigenvalue weighted by Gasteiger charge is -2.58. The van der Waals surface area contributed by atoms with E-state index in [0.717, 1.165) is 18.4 Å². The lowest BCUT2D eigenvalue weighted by molar-refractivity contribution is -0.159. The van der Waals surface area contributed by atoms with Crippen molar-refractivity contribution < 1.29 is 14.7 Å². The van der Waals surface area contributed by atoms with Gasteiger partial charge in [-0.3, -0.25) is 14.6 Å². The molecule has 1 aromatic carbocycles. The van der Waals surface area contributed by atoms with Crippen molar-refractivity contribution in [2.45, 2.75) is 43.7 Å². The van der Waals surface area contributed by atoms with Crippen LogP contribution in [-0.4, -0.2) is 68.5 Å². The Hall–Kier alpha value is -3.06. The van der Waals surface area contributed by atoms with Crippen LogP contribution in [0.2, 0.25) is 0 Å². The van der Waals surface area contributed by atoms with E-state index in [2.05, 4.69) is 40.3 Å². The Balaban J connectivity index is 1.37. The van der Waals surface area contributed by atoms with Crippen molar-refractivity contribution in [2.75, 3.05) is 19.7 Å². The first kappa shape index (κ1) is 19.9. The van der Waals surface area contributed by atoms with Crippen molar-refractivity contribution >= 4 is 17.4 Å². The predicted octanol–water partition coefficient (Wildman–Crippen LogP) is 2.25. The number of carbonyl (C=O) groups is 2. The Morgan fingerprint density at radius 3 is 2.68 bits per heavy atom. The van der Waals surface area contributed by atoms with E-state index < -0.39 is 0 Å². The molecular weight excluding hydrogens is 392 g/mol. The van der Waals surface area contributed by atoms with Crippen molar-refractivity contribution in [3.63, 3.8) is 0 Å². The molecule has 3 heterocycles. The molecule has 2 amide bonds. The van der Waals surface area contributed by atoms with E-state index in [9.17, 15) is 14.7 Å². The number of hydrogen-bond acceptors (Lipinski definition) is 5. The number of fused-ring (bicyclic) bond motifs is 1. The third kappa shape index (κ3) is 3.53. The second kappa shape index (κ2) is 8.23. The fraction of sp³-hybridized carbons (Fsp3) is 0.417. The zero-order valence-electron chi connectivity index (χ0n) is 17.4. The summed E-state index contributed by atoms with van der Waals surface area (Å²) in [5.74, 6) is -0.416. The fourth-order valence-electron chi connectivity index (χ4n) is 5.25. The Morgan fingerprint density at radius 1 is 1.16 bits per heavy atom. The molecular formula is C24H26N4O3. The topological polar surface area (TPSA) is 86.6 Å². The van der Waals surface area contributed by atoms with Gasteiger partial charge in [0.05, 0.1) is 24.9 Å². The van der Waals surface area contributed by atoms with Gasteiger partial charge in [-0.1, -0.05) is 30.3 Å². The second-order valence-corrected chi connectivity index (χ2v) is 8.52. The number of aromatic nitrogens is 2. The number of carbonyl (C=O) groups excluding carboxylic acids is 2. The first-order chi connectivity index (χ1) is 15.2. The van der Waals surface area contributed by atoms with Gasteiger partial charge in [0.1, 0.15) is 12.2 Å². The Morgan fingerprint density at radius 2 is 2.00 bits per heavy atom. The summed E-state index contributed by atoms with van der Waals surface area (Å²) in [6.45, 7) is 0.343. The molecule has 2 aromatic rings. The third-order valence-electron chi connectivity index (χ3n) is 6.78. The molecule has 160 valence electrons. The molecule has 2 aliphatic heterocycles. The summed E-state index contributed by atoms with van der Waals surface area (Å²) in [7, 11) is 0. The van der Waals surface area contributed by atoms with Crippen LogP contribution < -0.4 is 0 Å². The molecule has 0 saturated carbocycles. The van der Waals surface area contributed by atoms with Gasteiger partial charge in [-0.25, -0.2) is 4.98 Å². The van der Waals surface area contributed by atoms with Crippen molar-refractivity contribution in [2.24, 2.45) is 0 Å². The second-order valence-electron chi connectivity index (χ2n) is 8.52. The highest BCUT2D eigenvalue weighted by Gasteiger charge is 2.54. The summed E-state index contributed by atoms with van der Waals surface area (Å²) < 4.78 is 0. The molecule has 0 spiro atoms. The maximum Gasteiger partial charge on any atom is 0.274 e. The van der Waals surface area contributed by atoms with E-state index in [1.165, 1.54) is 42.6 Å². The summed E-state index contributed by atoms with van der Waals surface area (Å²) in [6.07, 6.45) is 11.5. The van der Waals surface area contributed by atoms with Gasteiger partial charge in [0, 0.05) is 24.9 Å². The molecule has 1 N–H and O–H groups in total. The number of allylic oxidation sites excluding steroid dienone is 2. The highest BCUT2D eigenvalue weighted by Crippen LogP contribution is 2.43. The normalized spacial score (nSPS) is 25.5. The van der Waals surface area contributed by atoms with E-state index in [4.69, 9.17) is 0 Å². The average molecular weight is 418 g/mol. The van der Waals surface area contributed by atoms with Gasteiger partial charge in [0.2, 0.25) is 5.91 Å². The average Bonchev–Trinajstić information content (AvgIpc) is 2.81. The van der Waals surface area contributed by atoms with Crippen molar-refractivity contribution in [3.8, 4) is 0 Å². The van der Waals surface area contributed by atoms with Crippen LogP contribution in [0.4, 0.5) is 0 Å². The molecule has 5 rings (SSSR count). The largest absolute Gasteiger partial charge is 0.394 e. The molecule has 7 heteroatoms. The van der Waals surface area contributed by atoms with E-state index in [1.54, 1.807) is 9.80 Å². The van der Waals surface area contributed by atoms with Crippen molar-refractivity contribution in [3.05, 3.63) is 65.8 Å². The number of benzene rings is 1. The Kier molecular flexibility index (Phi) is 5.28. The van der Waals surface area contributed by atoms with Crippen LogP contribution in [0.3, 0.4) is 0 Å². The molecule has 1 aromatic heterocycles. The molecule has 7 nitrogen and oxygen atoms in total. The lowest BCUT2D eigenvalue weighted by Crippen LogP contribution is -2.73. The summed E-state index contributed by atoms with van der Waals surface area (Å²) in [5.41, 5.74) is 3.99. The molecule has 3 aliphatic rings. The van der Waals surface area contributed by atoms with Crippen LogP contribution in [0.15, 0.2) is 48.9 Å². The number of amides is 2. The minimum absolute atomic E-state index is 0.000734. The molecule has 31 heavy (non-hydrogen) atoms. The smallest absolute Gasteiger partial charge is 0.274 e. The zero-order valence-corrected chi connectivity index (χ0v) is 17.4. The minimum Gasteiger partial charge on any atom is -0.394 e. The van der Waals surface area contributed by atoms with E-state index in [-0.39, 0.29) is 48.7 Å². The SMILES string of the molecule is O=C(c1cnccn1)N1CC(=O)N2[C@@H](CO)[C@H](c3ccc(C4=CCCCC4)cc3)[C@@H]2C1. The van der Waals surface area contributed by atoms with Gasteiger partial charge in [0.25, 0.3) is 5.91 Å². The summed E-state index contributed by atoms with van der Waals surface area (Å²) >= 11 is 0. The van der Waals surface area contributed by atoms with Crippen LogP contribution in [0.1, 0.15) is 53.2 Å². The van der Waals surface area contributed by atoms with Gasteiger partial charge in [-0.15, -0.1) is 0 Å². The molecule has 3 atom stereocenters. The fourth-order valence-corrected chi connectivity index (χ4v) is 5.25. The summed E-state index contributed by atoms with van der Waals surface area (Å²) in [4.78, 5) is 37.0. The van der Waals surface area contributed by atoms with Crippen LogP contribution in [0.5, 0.6) is 0 Å². The first-order valence-electron chi connectivity index (χ1n) is 10.9. The molecule has 1 aliphatic carbocycles. The number of aliphatic hydroxyl groups excluding tert-OH is 1. The monoisotopic (exact) mass is 418 g/mol. The summed E-state index contributed by atoms with van der Waals surface area (Å²) in [6, 6.07) is 8.14. The maximum absolute atomic E-state index is 12.8. The first-order valence-corrected chi connectivity index (χ1v) is 10.9. The van der Waals surface area contributed by atoms with Crippen LogP contribution in [0, 0.1) is 0 Å². The minimum atomic E-state index is -0.285. The third-order valence-corrected chi connectivity index (χ3v) is 6.78. The quantitative estimate of drug-likeness (QED) is 0.823. The van der Waals surface area contributed by atoms with Gasteiger partial charge >= 0.3 is 0 Å². The standard InChI is InChI=1S/C24H26N4O3/c29-15-21-23(18-8-6-17(7-9-18)16-4-2-1-3-5-16)20-13-27(14-22(30)28(20)21)24(31)19-12-25-10-11-26-19/h4,6-12,20-21,23,29H,1-3,5,13-15H2/t20-,21-,23+/m0/s1. The van der Waals surface area contributed by atoms with E-state index in [1.807, 2.05) is 0 Å². The molecule has 0 unspecified atom stereocenters. The van der Waals surface area contributed by atoms with E-state index in [0.29, 0.717) is 6.54 Å². The Bertz CT molecular complexity index is 1010. The molecule has 0 radical (unpaired) electrons.